The molecule has 4 rings (SSSR count). The van der Waals surface area contributed by atoms with Gasteiger partial charge in [0.25, 0.3) is 11.8 Å². The van der Waals surface area contributed by atoms with E-state index in [2.05, 4.69) is 18.1 Å². The number of benzene rings is 2. The van der Waals surface area contributed by atoms with Crippen LogP contribution in [0.2, 0.25) is 0 Å². The molecule has 0 unspecified atom stereocenters. The number of imide groups is 1. The number of hydrogen-bond donors (Lipinski definition) is 2. The molecule has 0 saturated heterocycles. The van der Waals surface area contributed by atoms with Gasteiger partial charge < -0.3 is 15.3 Å². The van der Waals surface area contributed by atoms with Gasteiger partial charge >= 0.3 is 18.9 Å². The molecule has 1 saturated carbocycles. The molecule has 1 aliphatic heterocycles. The number of amides is 3. The first kappa shape index (κ1) is 26.7. The third-order valence-corrected chi connectivity index (χ3v) is 6.51. The van der Waals surface area contributed by atoms with E-state index in [1.165, 1.54) is 21.9 Å². The number of carbonyl (C=O) groups is 3. The number of carbonyl (C=O) groups excluding carboxylic acids is 3. The van der Waals surface area contributed by atoms with E-state index in [9.17, 15) is 19.5 Å². The summed E-state index contributed by atoms with van der Waals surface area (Å²) in [6.45, 7) is 0. The molecule has 0 bridgehead atoms. The van der Waals surface area contributed by atoms with Crippen LogP contribution in [0.5, 0.6) is 5.75 Å². The first-order chi connectivity index (χ1) is 16.3. The summed E-state index contributed by atoms with van der Waals surface area (Å²) < 4.78 is 1.16. The van der Waals surface area contributed by atoms with Crippen LogP contribution in [-0.4, -0.2) is 52.8 Å². The number of para-hydroxylation sites is 2. The molecule has 0 spiro atoms. The van der Waals surface area contributed by atoms with Crippen LogP contribution in [0.1, 0.15) is 42.5 Å². The van der Waals surface area contributed by atoms with Crippen molar-refractivity contribution < 1.29 is 38.4 Å². The van der Waals surface area contributed by atoms with Crippen molar-refractivity contribution in [2.45, 2.75) is 38.1 Å². The van der Waals surface area contributed by atoms with Gasteiger partial charge in [0.05, 0.1) is 11.3 Å². The van der Waals surface area contributed by atoms with Crippen LogP contribution in [0.3, 0.4) is 0 Å². The third-order valence-electron chi connectivity index (χ3n) is 6.10. The van der Waals surface area contributed by atoms with Crippen LogP contribution in [0.15, 0.2) is 59.9 Å². The minimum absolute atomic E-state index is 0. The minimum Gasteiger partial charge on any atom is -0.651 e. The van der Waals surface area contributed by atoms with E-state index in [1.54, 1.807) is 44.4 Å². The monoisotopic (exact) mass is 486 g/mol. The summed E-state index contributed by atoms with van der Waals surface area (Å²) in [7, 11) is 3.15. The molecule has 8 nitrogen and oxygen atoms in total. The second-order valence-electron chi connectivity index (χ2n) is 8.60. The Morgan fingerprint density at radius 3 is 2.29 bits per heavy atom. The Morgan fingerprint density at radius 2 is 1.66 bits per heavy atom. The zero-order valence-corrected chi connectivity index (χ0v) is 21.0. The van der Waals surface area contributed by atoms with Crippen molar-refractivity contribution in [1.82, 2.24) is 9.80 Å². The van der Waals surface area contributed by atoms with Crippen LogP contribution >= 0.6 is 12.8 Å². The largest absolute Gasteiger partial charge is 1.00 e. The average molecular weight is 487 g/mol. The zero-order valence-electron chi connectivity index (χ0n) is 20.1. The van der Waals surface area contributed by atoms with Crippen molar-refractivity contribution >= 4 is 41.9 Å². The second-order valence-corrected chi connectivity index (χ2v) is 9.00. The maximum absolute atomic E-state index is 13.6. The fraction of sp³-hybridized carbons (Fsp3) is 0.320. The van der Waals surface area contributed by atoms with E-state index < -0.39 is 17.7 Å². The van der Waals surface area contributed by atoms with E-state index in [0.29, 0.717) is 5.69 Å². The van der Waals surface area contributed by atoms with Gasteiger partial charge in [-0.05, 0) is 30.7 Å². The maximum atomic E-state index is 13.6. The second kappa shape index (κ2) is 11.3. The van der Waals surface area contributed by atoms with E-state index in [4.69, 9.17) is 0 Å². The number of thiol groups is 1. The number of aromatic hydroxyl groups is 1. The van der Waals surface area contributed by atoms with Crippen molar-refractivity contribution in [3.05, 3.63) is 70.8 Å². The molecule has 0 atom stereocenters. The van der Waals surface area contributed by atoms with Gasteiger partial charge in [-0.2, -0.15) is 0 Å². The van der Waals surface area contributed by atoms with Crippen LogP contribution in [0.4, 0.5) is 11.4 Å². The number of phenols is 1. The van der Waals surface area contributed by atoms with Crippen LogP contribution in [0.25, 0.3) is 5.32 Å². The topological polar surface area (TPSA) is 95.3 Å². The molecule has 0 radical (unpaired) electrons. The van der Waals surface area contributed by atoms with Gasteiger partial charge in [0.15, 0.2) is 5.75 Å². The fourth-order valence-corrected chi connectivity index (χ4v) is 4.70. The van der Waals surface area contributed by atoms with Crippen molar-refractivity contribution in [3.8, 4) is 5.75 Å². The normalized spacial score (nSPS) is 16.3. The molecule has 0 aromatic heterocycles. The Kier molecular flexibility index (Phi) is 8.59. The first-order valence-electron chi connectivity index (χ1n) is 11.2. The van der Waals surface area contributed by atoms with Gasteiger partial charge in [-0.3, -0.25) is 23.6 Å². The van der Waals surface area contributed by atoms with Crippen LogP contribution < -0.4 is 23.2 Å². The predicted octanol–water partition coefficient (Wildman–Crippen LogP) is 1.37. The standard InChI is InChI=1S/C25H28N4O4S.Li/c1-27(2)23(31)18-14-9-15-19(22(18)30)29(34)21-20(26-16-10-5-3-6-11-16)24(32)28(25(21)33)17-12-7-4-8-13-17;/h3,5-6,9-11,14-15,17,34H,4,7-8,12-13H2,1-2H3,(H2,26,30,31,33);/q;+1/p-1. The van der Waals surface area contributed by atoms with Crippen molar-refractivity contribution in [2.75, 3.05) is 18.4 Å². The van der Waals surface area contributed by atoms with Gasteiger partial charge in [0.1, 0.15) is 5.70 Å². The van der Waals surface area contributed by atoms with E-state index in [1.807, 2.05) is 6.07 Å². The summed E-state index contributed by atoms with van der Waals surface area (Å²) in [5.74, 6) is -1.72. The zero-order chi connectivity index (χ0) is 24.4. The maximum Gasteiger partial charge on any atom is 1.00 e. The van der Waals surface area contributed by atoms with Gasteiger partial charge in [-0.15, -0.1) is 5.69 Å². The van der Waals surface area contributed by atoms with Crippen LogP contribution in [-0.2, 0) is 9.59 Å². The molecule has 10 heteroatoms. The number of hydrogen-bond acceptors (Lipinski definition) is 6. The average Bonchev–Trinajstić information content (AvgIpc) is 3.08. The molecule has 178 valence electrons. The summed E-state index contributed by atoms with van der Waals surface area (Å²) in [5, 5.41) is 15.4. The SMILES string of the molecule is CN(C)C(=O)c1cccc(N(S)C2=C([N-]c3ccccc3)C(=O)N(C3CCCCC3)C2=O)c1O.[Li+]. The Hall–Kier alpha value is -2.86. The quantitative estimate of drug-likeness (QED) is 0.365. The Bertz CT molecular complexity index is 1150. The Labute approximate surface area is 222 Å². The molecule has 1 heterocycles. The van der Waals surface area contributed by atoms with Crippen molar-refractivity contribution in [1.29, 1.82) is 0 Å². The molecule has 2 aromatic carbocycles. The molecule has 2 aliphatic rings. The van der Waals surface area contributed by atoms with Crippen molar-refractivity contribution in [3.63, 3.8) is 0 Å². The molecular weight excluding hydrogens is 459 g/mol. The summed E-state index contributed by atoms with van der Waals surface area (Å²) in [4.78, 5) is 42.2. The molecule has 1 aliphatic carbocycles. The number of phenolic OH excluding ortho intramolecular Hbond substituents is 1. The van der Waals surface area contributed by atoms with Gasteiger partial charge in [-0.1, -0.05) is 68.5 Å². The number of nitrogens with zero attached hydrogens (tertiary/aromatic N) is 4. The third kappa shape index (κ3) is 5.22. The minimum atomic E-state index is -0.509. The molecular formula is C25H27LiN4O4S. The summed E-state index contributed by atoms with van der Waals surface area (Å²) in [5.41, 5.74) is 0.597. The molecule has 35 heavy (non-hydrogen) atoms. The smallest absolute Gasteiger partial charge is 0.651 e. The number of rotatable bonds is 6. The van der Waals surface area contributed by atoms with Gasteiger partial charge in [0, 0.05) is 20.1 Å². The van der Waals surface area contributed by atoms with Gasteiger partial charge in [0.2, 0.25) is 5.91 Å². The predicted molar refractivity (Wildman–Crippen MR) is 133 cm³/mol. The molecule has 1 N–H and O–H groups in total. The Balaban J connectivity index is 0.00000342. The summed E-state index contributed by atoms with van der Waals surface area (Å²) in [6, 6.07) is 13.3. The van der Waals surface area contributed by atoms with Crippen LogP contribution in [0, 0.1) is 0 Å². The summed E-state index contributed by atoms with van der Waals surface area (Å²) >= 11 is 4.51. The van der Waals surface area contributed by atoms with Gasteiger partial charge in [-0.25, -0.2) is 0 Å². The molecule has 2 aromatic rings. The fourth-order valence-electron chi connectivity index (χ4n) is 4.35. The van der Waals surface area contributed by atoms with Crippen molar-refractivity contribution in [2.24, 2.45) is 0 Å². The Morgan fingerprint density at radius 1 is 1.00 bits per heavy atom. The first-order valence-corrected chi connectivity index (χ1v) is 11.6. The number of anilines is 1. The van der Waals surface area contributed by atoms with E-state index in [-0.39, 0.29) is 53.3 Å². The van der Waals surface area contributed by atoms with E-state index >= 15 is 0 Å². The summed E-state index contributed by atoms with van der Waals surface area (Å²) in [6.07, 6.45) is 4.46. The van der Waals surface area contributed by atoms with E-state index in [0.717, 1.165) is 36.4 Å². The molecule has 1 fully saturated rings. The molecule has 3 amide bonds.